The topological polar surface area (TPSA) is 141 Å². The van der Waals surface area contributed by atoms with Crippen LogP contribution in [0.2, 0.25) is 0 Å². The number of methoxy groups -OCH3 is 1. The molecule has 0 bridgehead atoms. The first-order valence-corrected chi connectivity index (χ1v) is 11.6. The van der Waals surface area contributed by atoms with E-state index in [4.69, 9.17) is 18.9 Å². The van der Waals surface area contributed by atoms with Crippen LogP contribution >= 0.6 is 0 Å². The molecule has 2 rings (SSSR count). The number of ether oxygens (including phenoxy) is 4. The highest BCUT2D eigenvalue weighted by Crippen LogP contribution is 2.12. The van der Waals surface area contributed by atoms with Crippen molar-refractivity contribution in [3.63, 3.8) is 0 Å². The van der Waals surface area contributed by atoms with Crippen molar-refractivity contribution in [2.75, 3.05) is 26.8 Å². The zero-order valence-corrected chi connectivity index (χ0v) is 21.4. The van der Waals surface area contributed by atoms with Crippen LogP contribution in [0, 0.1) is 0 Å². The van der Waals surface area contributed by atoms with Crippen molar-refractivity contribution in [3.05, 3.63) is 65.7 Å². The number of esters is 1. The standard InChI is InChI=1S/C26H33N3O8/c1-26(2,3)37-24(32)27-14-15-35-20-12-10-19(11-13-20)22(30)28-16-21(23(31)34-4)29-25(33)36-17-18-8-6-5-7-9-18/h5-13,21H,14-17H2,1-4H3,(H,27,32)(H,28,30)(H,29,33). The number of hydrogen-bond donors (Lipinski definition) is 3. The summed E-state index contributed by atoms with van der Waals surface area (Å²) in [5.74, 6) is -0.704. The molecule has 11 nitrogen and oxygen atoms in total. The fourth-order valence-corrected chi connectivity index (χ4v) is 2.88. The molecule has 11 heteroatoms. The number of carbonyl (C=O) groups is 4. The third kappa shape index (κ3) is 11.3. The number of nitrogens with one attached hydrogen (secondary N) is 3. The number of benzene rings is 2. The zero-order chi connectivity index (χ0) is 27.3. The van der Waals surface area contributed by atoms with E-state index < -0.39 is 35.7 Å². The van der Waals surface area contributed by atoms with Crippen LogP contribution in [0.1, 0.15) is 36.7 Å². The molecular formula is C26H33N3O8. The van der Waals surface area contributed by atoms with Gasteiger partial charge in [-0.1, -0.05) is 30.3 Å². The summed E-state index contributed by atoms with van der Waals surface area (Å²) in [4.78, 5) is 48.3. The maximum absolute atomic E-state index is 12.5. The van der Waals surface area contributed by atoms with Gasteiger partial charge in [0.1, 0.15) is 30.6 Å². The van der Waals surface area contributed by atoms with E-state index in [9.17, 15) is 19.2 Å². The monoisotopic (exact) mass is 515 g/mol. The Kier molecular flexibility index (Phi) is 11.2. The largest absolute Gasteiger partial charge is 0.492 e. The minimum absolute atomic E-state index is 0.0262. The second-order valence-electron chi connectivity index (χ2n) is 8.79. The highest BCUT2D eigenvalue weighted by atomic mass is 16.6. The molecule has 0 heterocycles. The van der Waals surface area contributed by atoms with Crippen LogP contribution in [0.3, 0.4) is 0 Å². The van der Waals surface area contributed by atoms with E-state index in [1.807, 2.05) is 18.2 Å². The van der Waals surface area contributed by atoms with E-state index in [0.29, 0.717) is 11.3 Å². The van der Waals surface area contributed by atoms with Crippen LogP contribution in [-0.2, 0) is 25.6 Å². The molecule has 1 unspecified atom stereocenters. The van der Waals surface area contributed by atoms with E-state index in [1.54, 1.807) is 57.2 Å². The summed E-state index contributed by atoms with van der Waals surface area (Å²) < 4.78 is 20.5. The number of alkyl carbamates (subject to hydrolysis) is 2. The average molecular weight is 516 g/mol. The first-order valence-electron chi connectivity index (χ1n) is 11.6. The summed E-state index contributed by atoms with van der Waals surface area (Å²) in [7, 11) is 1.18. The van der Waals surface area contributed by atoms with Gasteiger partial charge in [-0.15, -0.1) is 0 Å². The second-order valence-corrected chi connectivity index (χ2v) is 8.79. The van der Waals surface area contributed by atoms with Gasteiger partial charge >= 0.3 is 18.2 Å². The van der Waals surface area contributed by atoms with Crippen molar-refractivity contribution in [1.29, 1.82) is 0 Å². The van der Waals surface area contributed by atoms with Gasteiger partial charge in [0.25, 0.3) is 5.91 Å². The highest BCUT2D eigenvalue weighted by molar-refractivity contribution is 5.94. The molecule has 37 heavy (non-hydrogen) atoms. The lowest BCUT2D eigenvalue weighted by molar-refractivity contribution is -0.142. The smallest absolute Gasteiger partial charge is 0.408 e. The van der Waals surface area contributed by atoms with Crippen LogP contribution in [0.5, 0.6) is 5.75 Å². The lowest BCUT2D eigenvalue weighted by Gasteiger charge is -2.19. The Balaban J connectivity index is 1.78. The molecule has 0 saturated carbocycles. The van der Waals surface area contributed by atoms with Crippen LogP contribution < -0.4 is 20.7 Å². The number of amides is 3. The van der Waals surface area contributed by atoms with Crippen molar-refractivity contribution < 1.29 is 38.1 Å². The lowest BCUT2D eigenvalue weighted by atomic mass is 10.2. The van der Waals surface area contributed by atoms with Crippen molar-refractivity contribution in [2.24, 2.45) is 0 Å². The van der Waals surface area contributed by atoms with Gasteiger partial charge in [-0.2, -0.15) is 0 Å². The maximum atomic E-state index is 12.5. The first-order chi connectivity index (χ1) is 17.6. The summed E-state index contributed by atoms with van der Waals surface area (Å²) in [6, 6.07) is 14.2. The molecule has 0 aromatic heterocycles. The van der Waals surface area contributed by atoms with Gasteiger partial charge in [0, 0.05) is 12.1 Å². The Labute approximate surface area is 215 Å². The van der Waals surface area contributed by atoms with E-state index >= 15 is 0 Å². The van der Waals surface area contributed by atoms with Gasteiger partial charge in [0.15, 0.2) is 0 Å². The average Bonchev–Trinajstić information content (AvgIpc) is 2.87. The normalized spacial score (nSPS) is 11.5. The molecule has 2 aromatic rings. The first kappa shape index (κ1) is 29.0. The Morgan fingerprint density at radius 3 is 2.19 bits per heavy atom. The fourth-order valence-electron chi connectivity index (χ4n) is 2.88. The van der Waals surface area contributed by atoms with Gasteiger partial charge in [-0.05, 0) is 50.6 Å². The predicted molar refractivity (Wildman–Crippen MR) is 134 cm³/mol. The molecule has 1 atom stereocenters. The lowest BCUT2D eigenvalue weighted by Crippen LogP contribution is -2.49. The van der Waals surface area contributed by atoms with Crippen LogP contribution in [0.15, 0.2) is 54.6 Å². The Morgan fingerprint density at radius 1 is 0.892 bits per heavy atom. The Morgan fingerprint density at radius 2 is 1.57 bits per heavy atom. The minimum Gasteiger partial charge on any atom is -0.492 e. The summed E-state index contributed by atoms with van der Waals surface area (Å²) in [6.07, 6.45) is -1.36. The molecule has 0 aliphatic heterocycles. The van der Waals surface area contributed by atoms with Crippen molar-refractivity contribution in [2.45, 2.75) is 39.0 Å². The minimum atomic E-state index is -1.14. The maximum Gasteiger partial charge on any atom is 0.408 e. The number of carbonyl (C=O) groups excluding carboxylic acids is 4. The van der Waals surface area contributed by atoms with Crippen molar-refractivity contribution in [3.8, 4) is 5.75 Å². The van der Waals surface area contributed by atoms with Gasteiger partial charge in [0.05, 0.1) is 13.7 Å². The fraction of sp³-hybridized carbons (Fsp3) is 0.385. The van der Waals surface area contributed by atoms with E-state index in [2.05, 4.69) is 16.0 Å². The second kappa shape index (κ2) is 14.3. The van der Waals surface area contributed by atoms with Gasteiger partial charge in [-0.25, -0.2) is 14.4 Å². The summed E-state index contributed by atoms with van der Waals surface area (Å²) >= 11 is 0. The van der Waals surface area contributed by atoms with Gasteiger partial charge in [0.2, 0.25) is 0 Å². The predicted octanol–water partition coefficient (Wildman–Crippen LogP) is 2.79. The Hall–Kier alpha value is -4.28. The molecule has 3 amide bonds. The molecule has 0 spiro atoms. The number of hydrogen-bond acceptors (Lipinski definition) is 8. The molecule has 3 N–H and O–H groups in total. The van der Waals surface area contributed by atoms with Crippen molar-refractivity contribution in [1.82, 2.24) is 16.0 Å². The third-order valence-electron chi connectivity index (χ3n) is 4.61. The number of rotatable bonds is 11. The summed E-state index contributed by atoms with van der Waals surface area (Å²) in [6.45, 7) is 5.58. The van der Waals surface area contributed by atoms with Crippen LogP contribution in [0.4, 0.5) is 9.59 Å². The molecule has 0 aliphatic carbocycles. The molecule has 0 fully saturated rings. The molecular weight excluding hydrogens is 482 g/mol. The van der Waals surface area contributed by atoms with Crippen LogP contribution in [0.25, 0.3) is 0 Å². The van der Waals surface area contributed by atoms with Gasteiger partial charge in [-0.3, -0.25) is 4.79 Å². The Bertz CT molecular complexity index is 1040. The summed E-state index contributed by atoms with van der Waals surface area (Å²) in [5, 5.41) is 7.56. The van der Waals surface area contributed by atoms with E-state index in [0.717, 1.165) is 5.56 Å². The van der Waals surface area contributed by atoms with Crippen molar-refractivity contribution >= 4 is 24.1 Å². The molecule has 0 radical (unpaired) electrons. The van der Waals surface area contributed by atoms with E-state index in [1.165, 1.54) is 7.11 Å². The van der Waals surface area contributed by atoms with Crippen LogP contribution in [-0.4, -0.2) is 62.5 Å². The quantitative estimate of drug-likeness (QED) is 0.236. The highest BCUT2D eigenvalue weighted by Gasteiger charge is 2.23. The summed E-state index contributed by atoms with van der Waals surface area (Å²) in [5.41, 5.74) is 0.516. The molecule has 2 aromatic carbocycles. The molecule has 0 aliphatic rings. The molecule has 200 valence electrons. The van der Waals surface area contributed by atoms with Gasteiger partial charge < -0.3 is 34.9 Å². The zero-order valence-electron chi connectivity index (χ0n) is 21.4. The third-order valence-corrected chi connectivity index (χ3v) is 4.61. The van der Waals surface area contributed by atoms with E-state index in [-0.39, 0.29) is 26.3 Å². The molecule has 0 saturated heterocycles. The SMILES string of the molecule is COC(=O)C(CNC(=O)c1ccc(OCCNC(=O)OC(C)(C)C)cc1)NC(=O)OCc1ccccc1.